The maximum absolute atomic E-state index is 14.0. The van der Waals surface area contributed by atoms with E-state index in [4.69, 9.17) is 10.7 Å². The maximum atomic E-state index is 14.0. The fourth-order valence-corrected chi connectivity index (χ4v) is 3.55. The van der Waals surface area contributed by atoms with Crippen molar-refractivity contribution < 1.29 is 4.39 Å². The molecule has 0 bridgehead atoms. The van der Waals surface area contributed by atoms with Gasteiger partial charge in [0, 0.05) is 6.07 Å². The first-order valence-corrected chi connectivity index (χ1v) is 9.74. The van der Waals surface area contributed by atoms with Gasteiger partial charge in [0.05, 0.1) is 35.0 Å². The van der Waals surface area contributed by atoms with E-state index in [2.05, 4.69) is 20.3 Å². The Morgan fingerprint density at radius 1 is 1.22 bits per heavy atom. The number of nitrogens with one attached hydrogen (secondary N) is 1. The van der Waals surface area contributed by atoms with Gasteiger partial charge in [-0.3, -0.25) is 14.3 Å². The van der Waals surface area contributed by atoms with Gasteiger partial charge < -0.3 is 11.1 Å². The number of rotatable bonds is 4. The van der Waals surface area contributed by atoms with Crippen molar-refractivity contribution >= 4 is 22.5 Å². The van der Waals surface area contributed by atoms with Crippen LogP contribution in [0.1, 0.15) is 35.7 Å². The summed E-state index contributed by atoms with van der Waals surface area (Å²) >= 11 is 0. The molecule has 1 atom stereocenters. The van der Waals surface area contributed by atoms with Crippen molar-refractivity contribution in [2.24, 2.45) is 0 Å². The largest absolute Gasteiger partial charge is 0.382 e. The van der Waals surface area contributed by atoms with Gasteiger partial charge in [-0.1, -0.05) is 12.1 Å². The Labute approximate surface area is 182 Å². The Balaban J connectivity index is 1.95. The molecule has 3 aromatic heterocycles. The third-order valence-corrected chi connectivity index (χ3v) is 4.98. The maximum Gasteiger partial charge on any atom is 0.266 e. The Kier molecular flexibility index (Phi) is 5.24. The lowest BCUT2D eigenvalue weighted by molar-refractivity contribution is 0.617. The van der Waals surface area contributed by atoms with Crippen LogP contribution >= 0.6 is 0 Å². The number of hydrogen-bond donors (Lipinski definition) is 2. The molecule has 0 saturated heterocycles. The molecule has 0 fully saturated rings. The Morgan fingerprint density at radius 3 is 2.72 bits per heavy atom. The number of hydrogen-bond acceptors (Lipinski definition) is 8. The highest BCUT2D eigenvalue weighted by Gasteiger charge is 2.21. The number of aromatic nitrogens is 5. The predicted molar refractivity (Wildman–Crippen MR) is 118 cm³/mol. The molecule has 0 saturated carbocycles. The molecule has 0 radical (unpaired) electrons. The average Bonchev–Trinajstić information content (AvgIpc) is 2.73. The minimum absolute atomic E-state index is 0.0449. The second-order valence-corrected chi connectivity index (χ2v) is 7.30. The van der Waals surface area contributed by atoms with Crippen LogP contribution in [-0.2, 0) is 0 Å². The van der Waals surface area contributed by atoms with E-state index in [0.717, 1.165) is 11.8 Å². The lowest BCUT2D eigenvalue weighted by Crippen LogP contribution is -2.28. The zero-order valence-corrected chi connectivity index (χ0v) is 17.6. The van der Waals surface area contributed by atoms with Crippen molar-refractivity contribution in [2.75, 3.05) is 11.1 Å². The summed E-state index contributed by atoms with van der Waals surface area (Å²) in [6.07, 6.45) is 2.45. The lowest BCUT2D eigenvalue weighted by Gasteiger charge is -2.21. The fourth-order valence-electron chi connectivity index (χ4n) is 3.55. The lowest BCUT2D eigenvalue weighted by atomic mass is 10.1. The number of fused-ring (bicyclic) bond motifs is 1. The van der Waals surface area contributed by atoms with Gasteiger partial charge in [-0.05, 0) is 32.4 Å². The molecule has 0 unspecified atom stereocenters. The zero-order valence-electron chi connectivity index (χ0n) is 17.6. The first-order chi connectivity index (χ1) is 15.3. The number of nitrogens with zero attached hydrogens (tertiary/aromatic N) is 6. The molecule has 0 aliphatic rings. The minimum atomic E-state index is -0.614. The molecule has 0 amide bonds. The van der Waals surface area contributed by atoms with Crippen LogP contribution in [0.4, 0.5) is 16.0 Å². The van der Waals surface area contributed by atoms with Gasteiger partial charge >= 0.3 is 0 Å². The van der Waals surface area contributed by atoms with Gasteiger partial charge in [0.1, 0.15) is 34.9 Å². The molecular weight excluding hydrogens is 411 g/mol. The number of nitriles is 1. The standard InChI is InChI=1S/C22H19FN8O/c1-11-5-4-6-17-18(11)22(32)31(15-7-14(23)9-26-10-15)21(30-17)12(2)27-20-16(8-24)19(25)28-13(3)29-20/h4-7,9-10,12H,1-3H3,(H3,25,27,28,29)/t12-/m0/s1. The third kappa shape index (κ3) is 3.60. The molecular formula is C22H19FN8O. The van der Waals surface area contributed by atoms with Crippen molar-refractivity contribution in [2.45, 2.75) is 26.8 Å². The smallest absolute Gasteiger partial charge is 0.266 e. The Bertz CT molecular complexity index is 1460. The molecule has 0 aliphatic carbocycles. The summed E-state index contributed by atoms with van der Waals surface area (Å²) in [4.78, 5) is 30.4. The van der Waals surface area contributed by atoms with E-state index in [1.807, 2.05) is 25.1 Å². The van der Waals surface area contributed by atoms with E-state index < -0.39 is 11.9 Å². The van der Waals surface area contributed by atoms with Crippen LogP contribution < -0.4 is 16.6 Å². The number of pyridine rings is 1. The molecule has 9 nitrogen and oxygen atoms in total. The summed E-state index contributed by atoms with van der Waals surface area (Å²) in [5.74, 6) is 0.345. The van der Waals surface area contributed by atoms with Crippen LogP contribution in [0.3, 0.4) is 0 Å². The molecule has 4 aromatic rings. The summed E-state index contributed by atoms with van der Waals surface area (Å²) in [6, 6.07) is 7.94. The topological polar surface area (TPSA) is 135 Å². The van der Waals surface area contributed by atoms with E-state index in [1.165, 1.54) is 16.8 Å². The first-order valence-electron chi connectivity index (χ1n) is 9.74. The molecule has 10 heteroatoms. The van der Waals surface area contributed by atoms with E-state index in [1.54, 1.807) is 19.9 Å². The van der Waals surface area contributed by atoms with Gasteiger partial charge in [-0.25, -0.2) is 19.3 Å². The second kappa shape index (κ2) is 8.03. The van der Waals surface area contributed by atoms with Crippen LogP contribution in [0.5, 0.6) is 0 Å². The normalized spacial score (nSPS) is 11.8. The summed E-state index contributed by atoms with van der Waals surface area (Å²) in [7, 11) is 0. The molecule has 1 aromatic carbocycles. The number of halogens is 1. The zero-order chi connectivity index (χ0) is 23.0. The van der Waals surface area contributed by atoms with E-state index in [9.17, 15) is 14.4 Å². The van der Waals surface area contributed by atoms with Crippen molar-refractivity contribution in [1.29, 1.82) is 5.26 Å². The van der Waals surface area contributed by atoms with Crippen molar-refractivity contribution in [3.8, 4) is 11.8 Å². The molecule has 0 spiro atoms. The van der Waals surface area contributed by atoms with Gasteiger partial charge in [0.2, 0.25) is 0 Å². The van der Waals surface area contributed by atoms with Crippen LogP contribution in [0.25, 0.3) is 16.6 Å². The minimum Gasteiger partial charge on any atom is -0.382 e. The molecule has 160 valence electrons. The fraction of sp³-hybridized carbons (Fsp3) is 0.182. The quantitative estimate of drug-likeness (QED) is 0.504. The summed E-state index contributed by atoms with van der Waals surface area (Å²) in [5, 5.41) is 13.0. The summed E-state index contributed by atoms with van der Waals surface area (Å²) < 4.78 is 15.3. The van der Waals surface area contributed by atoms with Crippen LogP contribution in [0.15, 0.2) is 41.5 Å². The number of benzene rings is 1. The van der Waals surface area contributed by atoms with Crippen molar-refractivity contribution in [3.63, 3.8) is 0 Å². The van der Waals surface area contributed by atoms with Gasteiger partial charge in [0.15, 0.2) is 5.82 Å². The molecule has 32 heavy (non-hydrogen) atoms. The van der Waals surface area contributed by atoms with E-state index in [-0.39, 0.29) is 28.4 Å². The molecule has 3 N–H and O–H groups in total. The molecule has 0 aliphatic heterocycles. The summed E-state index contributed by atoms with van der Waals surface area (Å²) in [6.45, 7) is 5.22. The van der Waals surface area contributed by atoms with Crippen molar-refractivity contribution in [3.05, 3.63) is 75.6 Å². The van der Waals surface area contributed by atoms with Gasteiger partial charge in [-0.15, -0.1) is 0 Å². The van der Waals surface area contributed by atoms with Crippen LogP contribution in [0, 0.1) is 31.0 Å². The van der Waals surface area contributed by atoms with Crippen LogP contribution in [-0.4, -0.2) is 24.5 Å². The summed E-state index contributed by atoms with van der Waals surface area (Å²) in [5.41, 5.74) is 7.07. The average molecular weight is 430 g/mol. The number of nitrogens with two attached hydrogens (primary N) is 1. The predicted octanol–water partition coefficient (Wildman–Crippen LogP) is 2.95. The SMILES string of the molecule is Cc1nc(N)c(C#N)c(N[C@@H](C)c2nc3cccc(C)c3c(=O)n2-c2cncc(F)c2)n1. The highest BCUT2D eigenvalue weighted by Crippen LogP contribution is 2.25. The second-order valence-electron chi connectivity index (χ2n) is 7.30. The monoisotopic (exact) mass is 430 g/mol. The molecule has 3 heterocycles. The third-order valence-electron chi connectivity index (χ3n) is 4.98. The van der Waals surface area contributed by atoms with E-state index in [0.29, 0.717) is 22.6 Å². The van der Waals surface area contributed by atoms with E-state index >= 15 is 0 Å². The van der Waals surface area contributed by atoms with Gasteiger partial charge in [0.25, 0.3) is 5.56 Å². The number of nitrogen functional groups attached to an aromatic ring is 1. The number of anilines is 2. The highest BCUT2D eigenvalue weighted by atomic mass is 19.1. The Hall–Kier alpha value is -4.39. The molecule has 4 rings (SSSR count). The van der Waals surface area contributed by atoms with Crippen LogP contribution in [0.2, 0.25) is 0 Å². The van der Waals surface area contributed by atoms with Crippen molar-refractivity contribution in [1.82, 2.24) is 24.5 Å². The van der Waals surface area contributed by atoms with Gasteiger partial charge in [-0.2, -0.15) is 5.26 Å². The first kappa shape index (κ1) is 20.9. The highest BCUT2D eigenvalue weighted by molar-refractivity contribution is 5.81. The Morgan fingerprint density at radius 2 is 2.00 bits per heavy atom. The number of aryl methyl sites for hydroxylation is 2.